The summed E-state index contributed by atoms with van der Waals surface area (Å²) in [5.41, 5.74) is 7.53. The standard InChI is InChI=1S/C18H16N2O6S/c19-17(22)13-8-6-12(7-9-13)15-14(21)16(18(20)25-15)26-27(23,24)10-11-4-2-1-3-5-11/h1-9,15H,10,20H2,(H2,19,22)/i10D2,15D. The molecule has 0 saturated heterocycles. The highest BCUT2D eigenvalue weighted by molar-refractivity contribution is 7.86. The lowest BCUT2D eigenvalue weighted by Gasteiger charge is -2.10. The van der Waals surface area contributed by atoms with Gasteiger partial charge in [0.05, 0.1) is 4.11 Å². The number of carbonyl (C=O) groups is 2. The summed E-state index contributed by atoms with van der Waals surface area (Å²) in [5.74, 6) is -3.78. The monoisotopic (exact) mass is 391 g/mol. The van der Waals surface area contributed by atoms with Crippen molar-refractivity contribution in [1.82, 2.24) is 0 Å². The molecule has 1 atom stereocenters. The van der Waals surface area contributed by atoms with Crippen LogP contribution in [0, 0.1) is 0 Å². The molecule has 27 heavy (non-hydrogen) atoms. The molecule has 4 N–H and O–H groups in total. The van der Waals surface area contributed by atoms with Gasteiger partial charge < -0.3 is 20.4 Å². The van der Waals surface area contributed by atoms with Crippen molar-refractivity contribution >= 4 is 21.8 Å². The first-order valence-electron chi connectivity index (χ1n) is 9.03. The van der Waals surface area contributed by atoms with Crippen LogP contribution in [0.15, 0.2) is 66.2 Å². The lowest BCUT2D eigenvalue weighted by Crippen LogP contribution is -2.16. The molecule has 0 radical (unpaired) electrons. The van der Waals surface area contributed by atoms with Crippen molar-refractivity contribution in [3.05, 3.63) is 82.9 Å². The number of nitrogens with two attached hydrogens (primary N) is 2. The van der Waals surface area contributed by atoms with E-state index in [1.54, 1.807) is 6.07 Å². The Hall–Kier alpha value is -3.33. The number of hydrogen-bond donors (Lipinski definition) is 2. The van der Waals surface area contributed by atoms with Crippen molar-refractivity contribution in [1.29, 1.82) is 0 Å². The van der Waals surface area contributed by atoms with Crippen LogP contribution >= 0.6 is 0 Å². The number of ether oxygens (including phenoxy) is 1. The molecule has 0 saturated carbocycles. The maximum Gasteiger partial charge on any atom is 0.313 e. The molecule has 0 aliphatic carbocycles. The zero-order chi connectivity index (χ0) is 22.3. The normalized spacial score (nSPS) is 21.8. The molecule has 3 rings (SSSR count). The SMILES string of the molecule is [2H]C1(c2ccc(C(N)=O)cc2)OC(N)=C(OS(=O)(=O)C([2H])([2H])c2ccccc2)C1=O. The van der Waals surface area contributed by atoms with Crippen LogP contribution in [0.3, 0.4) is 0 Å². The zero-order valence-corrected chi connectivity index (χ0v) is 14.5. The summed E-state index contributed by atoms with van der Waals surface area (Å²) in [6.07, 6.45) is -2.48. The van der Waals surface area contributed by atoms with Crippen LogP contribution < -0.4 is 11.5 Å². The van der Waals surface area contributed by atoms with E-state index in [-0.39, 0.29) is 16.7 Å². The molecular formula is C18H16N2O6S. The van der Waals surface area contributed by atoms with Crippen LogP contribution in [-0.2, 0) is 29.5 Å². The van der Waals surface area contributed by atoms with Crippen molar-refractivity contribution in [2.75, 3.05) is 0 Å². The smallest absolute Gasteiger partial charge is 0.313 e. The molecule has 8 nitrogen and oxygen atoms in total. The second-order valence-corrected chi connectivity index (χ2v) is 6.68. The Morgan fingerprint density at radius 1 is 1.19 bits per heavy atom. The third-order valence-electron chi connectivity index (χ3n) is 3.49. The van der Waals surface area contributed by atoms with Crippen molar-refractivity contribution in [3.8, 4) is 0 Å². The lowest BCUT2D eigenvalue weighted by atomic mass is 10.0. The number of rotatable bonds is 6. The van der Waals surface area contributed by atoms with Gasteiger partial charge in [-0.25, -0.2) is 0 Å². The summed E-state index contributed by atoms with van der Waals surface area (Å²) in [6, 6.07) is 11.9. The maximum atomic E-state index is 12.7. The fourth-order valence-electron chi connectivity index (χ4n) is 2.25. The van der Waals surface area contributed by atoms with Gasteiger partial charge in [0.2, 0.25) is 23.3 Å². The predicted octanol–water partition coefficient (Wildman–Crippen LogP) is 1.10. The zero-order valence-electron chi connectivity index (χ0n) is 16.7. The van der Waals surface area contributed by atoms with E-state index in [0.29, 0.717) is 0 Å². The highest BCUT2D eigenvalue weighted by Crippen LogP contribution is 2.32. The van der Waals surface area contributed by atoms with E-state index < -0.39 is 45.2 Å². The Kier molecular flexibility index (Phi) is 3.90. The Balaban J connectivity index is 1.91. The average molecular weight is 391 g/mol. The van der Waals surface area contributed by atoms with Gasteiger partial charge in [0.25, 0.3) is 0 Å². The van der Waals surface area contributed by atoms with Gasteiger partial charge >= 0.3 is 10.1 Å². The Labute approximate surface area is 159 Å². The van der Waals surface area contributed by atoms with Crippen molar-refractivity contribution in [3.63, 3.8) is 0 Å². The van der Waals surface area contributed by atoms with Crippen LogP contribution in [0.5, 0.6) is 0 Å². The molecule has 0 spiro atoms. The number of Topliss-reactive ketones (excluding diaryl/α,β-unsaturated/α-hetero) is 1. The minimum Gasteiger partial charge on any atom is -0.460 e. The molecule has 0 aromatic heterocycles. The molecule has 9 heteroatoms. The number of amides is 1. The van der Waals surface area contributed by atoms with E-state index in [1.807, 2.05) is 0 Å². The van der Waals surface area contributed by atoms with E-state index in [1.165, 1.54) is 48.5 Å². The summed E-state index contributed by atoms with van der Waals surface area (Å²) in [4.78, 5) is 23.9. The Morgan fingerprint density at radius 3 is 2.41 bits per heavy atom. The molecule has 1 aliphatic heterocycles. The quantitative estimate of drug-likeness (QED) is 0.703. The first-order chi connectivity index (χ1) is 13.9. The fraction of sp³-hybridized carbons (Fsp3) is 0.111. The molecule has 2 aromatic carbocycles. The van der Waals surface area contributed by atoms with Gasteiger partial charge in [0.15, 0.2) is 6.08 Å². The first kappa shape index (κ1) is 14.8. The van der Waals surface area contributed by atoms with E-state index in [9.17, 15) is 18.0 Å². The second-order valence-electron chi connectivity index (χ2n) is 5.40. The average Bonchev–Trinajstić information content (AvgIpc) is 2.92. The topological polar surface area (TPSA) is 139 Å². The Bertz CT molecular complexity index is 1150. The number of ketones is 1. The molecule has 0 fully saturated rings. The van der Waals surface area contributed by atoms with Gasteiger partial charge in [-0.05, 0) is 17.7 Å². The van der Waals surface area contributed by atoms with E-state index in [0.717, 1.165) is 0 Å². The summed E-state index contributed by atoms with van der Waals surface area (Å²) >= 11 is 0. The van der Waals surface area contributed by atoms with E-state index in [4.69, 9.17) is 24.5 Å². The number of hydrogen-bond acceptors (Lipinski definition) is 7. The summed E-state index contributed by atoms with van der Waals surface area (Å²) < 4.78 is 59.1. The van der Waals surface area contributed by atoms with E-state index in [2.05, 4.69) is 0 Å². The number of carbonyl (C=O) groups excluding carboxylic acids is 2. The molecule has 1 unspecified atom stereocenters. The molecular weight excluding hydrogens is 372 g/mol. The molecule has 1 aliphatic rings. The van der Waals surface area contributed by atoms with Gasteiger partial charge in [0, 0.05) is 11.1 Å². The molecule has 1 heterocycles. The van der Waals surface area contributed by atoms with Crippen molar-refractivity contribution in [2.24, 2.45) is 11.5 Å². The highest BCUT2D eigenvalue weighted by Gasteiger charge is 2.39. The van der Waals surface area contributed by atoms with Crippen molar-refractivity contribution < 1.29 is 31.0 Å². The maximum absolute atomic E-state index is 12.7. The predicted molar refractivity (Wildman–Crippen MR) is 95.2 cm³/mol. The lowest BCUT2D eigenvalue weighted by molar-refractivity contribution is -0.123. The minimum absolute atomic E-state index is 0.0671. The molecule has 0 bridgehead atoms. The van der Waals surface area contributed by atoms with Gasteiger partial charge in [-0.2, -0.15) is 8.42 Å². The van der Waals surface area contributed by atoms with Crippen LogP contribution in [0.4, 0.5) is 0 Å². The number of benzene rings is 2. The third-order valence-corrected chi connectivity index (χ3v) is 4.36. The van der Waals surface area contributed by atoms with Crippen molar-refractivity contribution in [2.45, 2.75) is 11.8 Å². The van der Waals surface area contributed by atoms with Crippen LogP contribution in [0.2, 0.25) is 0 Å². The van der Waals surface area contributed by atoms with Gasteiger partial charge in [0.1, 0.15) is 5.70 Å². The first-order valence-corrected chi connectivity index (χ1v) is 8.94. The van der Waals surface area contributed by atoms with Crippen LogP contribution in [-0.4, -0.2) is 20.1 Å². The minimum atomic E-state index is -5.06. The van der Waals surface area contributed by atoms with Gasteiger partial charge in [-0.15, -0.1) is 0 Å². The Morgan fingerprint density at radius 2 is 1.81 bits per heavy atom. The second kappa shape index (κ2) is 7.12. The van der Waals surface area contributed by atoms with Crippen LogP contribution in [0.25, 0.3) is 0 Å². The largest absolute Gasteiger partial charge is 0.460 e. The number of primary amides is 1. The van der Waals surface area contributed by atoms with Gasteiger partial charge in [-0.1, -0.05) is 42.5 Å². The fourth-order valence-corrected chi connectivity index (χ4v) is 3.10. The van der Waals surface area contributed by atoms with E-state index >= 15 is 0 Å². The summed E-state index contributed by atoms with van der Waals surface area (Å²) in [6.45, 7) is 0. The third kappa shape index (κ3) is 4.09. The summed E-state index contributed by atoms with van der Waals surface area (Å²) in [5, 5.41) is 0. The molecule has 2 aromatic rings. The summed E-state index contributed by atoms with van der Waals surface area (Å²) in [7, 11) is -5.06. The highest BCUT2D eigenvalue weighted by atomic mass is 32.2. The molecule has 1 amide bonds. The van der Waals surface area contributed by atoms with Crippen LogP contribution in [0.1, 0.15) is 31.7 Å². The van der Waals surface area contributed by atoms with Gasteiger partial charge in [-0.3, -0.25) is 9.59 Å². The molecule has 140 valence electrons.